The molecule has 0 aliphatic carbocycles. The third kappa shape index (κ3) is 36.7. The maximum Gasteiger partial charge on any atom is 0.472 e. The van der Waals surface area contributed by atoms with Gasteiger partial charge in [0.05, 0.1) is 53.6 Å². The average molecular weight is 1050 g/mol. The lowest BCUT2D eigenvalue weighted by Crippen LogP contribution is -2.59. The molecule has 0 aromatic rings. The topological polar surface area (TPSA) is 269 Å². The van der Waals surface area contributed by atoms with Gasteiger partial charge in [-0.05, 0) is 12.8 Å². The molecule has 416 valence electrons. The van der Waals surface area contributed by atoms with Crippen molar-refractivity contribution in [1.29, 1.82) is 0 Å². The summed E-state index contributed by atoms with van der Waals surface area (Å²) in [6.07, 6.45) is 20.9. The number of aliphatic hydroxyl groups is 3. The number of carbonyl (C=O) groups is 2. The third-order valence-corrected chi connectivity index (χ3v) is 14.1. The number of carbonyl (C=O) groups excluding carboxylic acids is 2. The smallest absolute Gasteiger partial charge is 0.462 e. The summed E-state index contributed by atoms with van der Waals surface area (Å²) in [5, 5.41) is 32.0. The second kappa shape index (κ2) is 40.2. The normalized spacial score (nSPS) is 21.2. The summed E-state index contributed by atoms with van der Waals surface area (Å²) < 4.78 is 67.5. The molecule has 19 nitrogen and oxygen atoms in total. The number of rotatable bonds is 47. The molecular weight excluding hydrogens is 950 g/mol. The molecule has 1 aliphatic heterocycles. The van der Waals surface area contributed by atoms with E-state index in [1.807, 2.05) is 21.1 Å². The van der Waals surface area contributed by atoms with Gasteiger partial charge in [0.2, 0.25) is 0 Å². The number of esters is 2. The van der Waals surface area contributed by atoms with Crippen LogP contribution in [0.4, 0.5) is 0 Å². The van der Waals surface area contributed by atoms with Crippen LogP contribution in [0.3, 0.4) is 0 Å². The number of hydrogen-bond donors (Lipinski definition) is 6. The van der Waals surface area contributed by atoms with Gasteiger partial charge in [-0.15, -0.1) is 0 Å². The molecule has 7 N–H and O–H groups in total. The van der Waals surface area contributed by atoms with E-state index in [2.05, 4.69) is 13.8 Å². The van der Waals surface area contributed by atoms with Gasteiger partial charge in [-0.25, -0.2) is 9.13 Å². The molecule has 0 radical (unpaired) electrons. The number of likely N-dealkylation sites (N-methyl/N-ethyl adjacent to an activating group) is 1. The van der Waals surface area contributed by atoms with Crippen LogP contribution in [0.1, 0.15) is 194 Å². The standard InChI is InChI=1S/C49H98N2O17P2/c1-6-8-10-12-14-16-18-20-22-24-26-28-30-32-44(52)61-38-42(67-45(53)33-31-29-27-25-23-21-19-17-15-13-11-9-7-2)39-62-49-48(56)47(55)46(54)43(68-49)40-66-70(59,60)65-37-41(50)36-64-69(57,58)63-35-34-51(3,4)5/h41-43,46-49,54-56H,6-40,50H2,1-5H3,(H-,57,58,59,60)/p+1/t41-,42+,43+,46+,47-,48+,49-/m0/s1. The van der Waals surface area contributed by atoms with Crippen LogP contribution in [-0.4, -0.2) is 152 Å². The summed E-state index contributed by atoms with van der Waals surface area (Å²) in [5.74, 6) is -0.974. The molecule has 0 amide bonds. The molecule has 0 spiro atoms. The number of phosphoric ester groups is 2. The van der Waals surface area contributed by atoms with Gasteiger partial charge < -0.3 is 54.3 Å². The van der Waals surface area contributed by atoms with E-state index in [0.717, 1.165) is 38.5 Å². The number of hydrogen-bond acceptors (Lipinski definition) is 16. The van der Waals surface area contributed by atoms with Crippen molar-refractivity contribution < 1.29 is 85.4 Å². The van der Waals surface area contributed by atoms with Gasteiger partial charge in [0.15, 0.2) is 12.4 Å². The van der Waals surface area contributed by atoms with Crippen LogP contribution in [0.15, 0.2) is 0 Å². The van der Waals surface area contributed by atoms with E-state index in [-0.39, 0.29) is 26.1 Å². The van der Waals surface area contributed by atoms with Gasteiger partial charge in [-0.3, -0.25) is 27.7 Å². The fraction of sp³-hybridized carbons (Fsp3) is 0.959. The highest BCUT2D eigenvalue weighted by molar-refractivity contribution is 7.47. The summed E-state index contributed by atoms with van der Waals surface area (Å²) in [5.41, 5.74) is 5.83. The molecule has 0 bridgehead atoms. The highest BCUT2D eigenvalue weighted by Crippen LogP contribution is 2.45. The first-order chi connectivity index (χ1) is 33.3. The monoisotopic (exact) mass is 1050 g/mol. The van der Waals surface area contributed by atoms with Crippen LogP contribution in [0.2, 0.25) is 0 Å². The van der Waals surface area contributed by atoms with Crippen molar-refractivity contribution in [3.05, 3.63) is 0 Å². The zero-order valence-corrected chi connectivity index (χ0v) is 45.6. The molecule has 1 fully saturated rings. The van der Waals surface area contributed by atoms with Gasteiger partial charge in [0.25, 0.3) is 0 Å². The second-order valence-corrected chi connectivity index (χ2v) is 23.0. The highest BCUT2D eigenvalue weighted by Gasteiger charge is 2.45. The average Bonchev–Trinajstić information content (AvgIpc) is 3.30. The molecule has 1 aliphatic rings. The number of unbranched alkanes of at least 4 members (excludes halogenated alkanes) is 24. The van der Waals surface area contributed by atoms with E-state index in [4.69, 9.17) is 42.8 Å². The minimum Gasteiger partial charge on any atom is -0.462 e. The van der Waals surface area contributed by atoms with Crippen molar-refractivity contribution in [2.45, 2.75) is 236 Å². The van der Waals surface area contributed by atoms with E-state index in [9.17, 15) is 43.8 Å². The molecule has 9 atom stereocenters. The molecule has 1 heterocycles. The number of phosphoric acid groups is 2. The predicted molar refractivity (Wildman–Crippen MR) is 268 cm³/mol. The lowest BCUT2D eigenvalue weighted by atomic mass is 9.99. The number of ether oxygens (including phenoxy) is 4. The van der Waals surface area contributed by atoms with Gasteiger partial charge in [0, 0.05) is 12.8 Å². The van der Waals surface area contributed by atoms with E-state index >= 15 is 0 Å². The van der Waals surface area contributed by atoms with Crippen LogP contribution < -0.4 is 5.73 Å². The van der Waals surface area contributed by atoms with Gasteiger partial charge in [-0.2, -0.15) is 0 Å². The zero-order chi connectivity index (χ0) is 52.1. The quantitative estimate of drug-likeness (QED) is 0.0144. The maximum atomic E-state index is 13.0. The number of aliphatic hydroxyl groups excluding tert-OH is 3. The van der Waals surface area contributed by atoms with Crippen LogP contribution >= 0.6 is 15.6 Å². The molecular formula is C49H99N2O17P2+. The summed E-state index contributed by atoms with van der Waals surface area (Å²) in [6, 6.07) is -1.16. The Labute approximate surface area is 421 Å². The lowest BCUT2D eigenvalue weighted by molar-refractivity contribution is -0.870. The molecule has 21 heteroatoms. The van der Waals surface area contributed by atoms with Crippen molar-refractivity contribution in [2.75, 3.05) is 67.3 Å². The Morgan fingerprint density at radius 1 is 0.557 bits per heavy atom. The minimum atomic E-state index is -4.89. The summed E-state index contributed by atoms with van der Waals surface area (Å²) in [7, 11) is -3.75. The van der Waals surface area contributed by atoms with Crippen molar-refractivity contribution in [3.63, 3.8) is 0 Å². The Morgan fingerprint density at radius 2 is 0.971 bits per heavy atom. The Balaban J connectivity index is 2.68. The molecule has 1 saturated heterocycles. The molecule has 0 aromatic heterocycles. The van der Waals surface area contributed by atoms with Crippen LogP contribution in [0, 0.1) is 0 Å². The summed E-state index contributed by atoms with van der Waals surface area (Å²) in [4.78, 5) is 45.9. The Morgan fingerprint density at radius 3 is 1.41 bits per heavy atom. The molecule has 2 unspecified atom stereocenters. The Kier molecular flexibility index (Phi) is 38.4. The number of nitrogens with zero attached hydrogens (tertiary/aromatic N) is 1. The lowest BCUT2D eigenvalue weighted by Gasteiger charge is -2.40. The first kappa shape index (κ1) is 66.9. The Hall–Kier alpha value is -1.12. The van der Waals surface area contributed by atoms with Crippen LogP contribution in [-0.2, 0) is 55.8 Å². The zero-order valence-electron chi connectivity index (χ0n) is 43.8. The fourth-order valence-corrected chi connectivity index (χ4v) is 9.24. The first-order valence-corrected chi connectivity index (χ1v) is 29.7. The molecule has 0 aromatic carbocycles. The SMILES string of the molecule is CCCCCCCCCCCCCCCC(=O)OC[C@H](CO[C@H]1O[C@H](COP(=O)(O)OC[C@@H](N)COP(=O)(O)OCC[N+](C)(C)C)[C@@H](O)[C@H](O)[C@H]1O)OC(=O)CCCCCCCCCCCCCCC. The maximum absolute atomic E-state index is 13.0. The summed E-state index contributed by atoms with van der Waals surface area (Å²) >= 11 is 0. The third-order valence-electron chi connectivity index (χ3n) is 12.1. The van der Waals surface area contributed by atoms with Gasteiger partial charge in [-0.1, -0.05) is 168 Å². The van der Waals surface area contributed by atoms with E-state index in [1.165, 1.54) is 116 Å². The van der Waals surface area contributed by atoms with E-state index in [1.54, 1.807) is 0 Å². The van der Waals surface area contributed by atoms with E-state index < -0.39 is 96.9 Å². The van der Waals surface area contributed by atoms with Crippen LogP contribution in [0.25, 0.3) is 0 Å². The minimum absolute atomic E-state index is 0.0714. The largest absolute Gasteiger partial charge is 0.472 e. The molecule has 1 rings (SSSR count). The van der Waals surface area contributed by atoms with Crippen molar-refractivity contribution in [1.82, 2.24) is 0 Å². The van der Waals surface area contributed by atoms with Gasteiger partial charge in [0.1, 0.15) is 44.2 Å². The van der Waals surface area contributed by atoms with Crippen molar-refractivity contribution in [3.8, 4) is 0 Å². The van der Waals surface area contributed by atoms with Crippen molar-refractivity contribution >= 4 is 27.6 Å². The predicted octanol–water partition coefficient (Wildman–Crippen LogP) is 8.53. The fourth-order valence-electron chi connectivity index (χ4n) is 7.69. The molecule has 0 saturated carbocycles. The number of quaternary nitrogens is 1. The van der Waals surface area contributed by atoms with Crippen molar-refractivity contribution in [2.24, 2.45) is 5.73 Å². The van der Waals surface area contributed by atoms with E-state index in [0.29, 0.717) is 23.9 Å². The highest BCUT2D eigenvalue weighted by atomic mass is 31.2. The van der Waals surface area contributed by atoms with Crippen LogP contribution in [0.5, 0.6) is 0 Å². The number of nitrogens with two attached hydrogens (primary N) is 1. The first-order valence-electron chi connectivity index (χ1n) is 26.7. The molecule has 70 heavy (non-hydrogen) atoms. The Bertz CT molecular complexity index is 1410. The van der Waals surface area contributed by atoms with Gasteiger partial charge >= 0.3 is 27.6 Å². The summed E-state index contributed by atoms with van der Waals surface area (Å²) in [6.45, 7) is 1.98. The second-order valence-electron chi connectivity index (χ2n) is 20.1.